The fraction of sp³-hybridized carbons (Fsp3) is 0.556. The smallest absolute Gasteiger partial charge is 0.208 e. The Morgan fingerprint density at radius 3 is 2.73 bits per heavy atom. The summed E-state index contributed by atoms with van der Waals surface area (Å²) in [4.78, 5) is 24.6. The van der Waals surface area contributed by atoms with E-state index in [0.717, 1.165) is 78.8 Å². The van der Waals surface area contributed by atoms with Crippen LogP contribution in [-0.4, -0.2) is 71.2 Å². The Morgan fingerprint density at radius 1 is 1.22 bits per heavy atom. The van der Waals surface area contributed by atoms with E-state index in [1.807, 2.05) is 0 Å². The molecule has 3 aliphatic rings. The van der Waals surface area contributed by atoms with Crippen molar-refractivity contribution in [1.29, 1.82) is 0 Å². The molecule has 0 aliphatic carbocycles. The van der Waals surface area contributed by atoms with Crippen LogP contribution in [0.25, 0.3) is 16.7 Å². The Balaban J connectivity index is 1.70. The molecule has 10 nitrogen and oxygen atoms in total. The predicted molar refractivity (Wildman–Crippen MR) is 150 cm³/mol. The number of nitrogens with one attached hydrogen (secondary N) is 1. The molecule has 2 aromatic rings. The third-order valence-electron chi connectivity index (χ3n) is 7.17. The highest BCUT2D eigenvalue weighted by Crippen LogP contribution is 2.33. The first-order chi connectivity index (χ1) is 17.9. The molecule has 5 heterocycles. The predicted octanol–water partition coefficient (Wildman–Crippen LogP) is 3.07. The molecule has 0 bridgehead atoms. The van der Waals surface area contributed by atoms with Gasteiger partial charge in [0.15, 0.2) is 22.8 Å². The third-order valence-corrected chi connectivity index (χ3v) is 7.17. The van der Waals surface area contributed by atoms with Crippen LogP contribution in [-0.2, 0) is 11.3 Å². The van der Waals surface area contributed by atoms with Crippen molar-refractivity contribution >= 4 is 34.7 Å². The maximum absolute atomic E-state index is 6.21. The van der Waals surface area contributed by atoms with Gasteiger partial charge < -0.3 is 25.6 Å². The van der Waals surface area contributed by atoms with Crippen LogP contribution < -0.4 is 20.9 Å². The monoisotopic (exact) mass is 505 g/mol. The molecular weight excluding hydrogens is 466 g/mol. The number of rotatable bonds is 6. The van der Waals surface area contributed by atoms with Gasteiger partial charge in [-0.25, -0.2) is 19.9 Å². The van der Waals surface area contributed by atoms with Crippen LogP contribution >= 0.6 is 0 Å². The minimum Gasteiger partial charge on any atom is -0.385 e. The summed E-state index contributed by atoms with van der Waals surface area (Å²) >= 11 is 0. The Bertz CT molecular complexity index is 1270. The van der Waals surface area contributed by atoms with Crippen LogP contribution in [0.1, 0.15) is 46.4 Å². The first-order valence-electron chi connectivity index (χ1n) is 13.4. The molecule has 2 saturated heterocycles. The normalized spacial score (nSPS) is 21.1. The highest BCUT2D eigenvalue weighted by Gasteiger charge is 2.29. The molecule has 2 fully saturated rings. The fourth-order valence-electron chi connectivity index (χ4n) is 5.03. The van der Waals surface area contributed by atoms with Crippen molar-refractivity contribution in [3.05, 3.63) is 35.6 Å². The molecule has 0 aromatic carbocycles. The Morgan fingerprint density at radius 2 is 2.00 bits per heavy atom. The van der Waals surface area contributed by atoms with E-state index in [-0.39, 0.29) is 6.04 Å². The average molecular weight is 506 g/mol. The summed E-state index contributed by atoms with van der Waals surface area (Å²) in [6.07, 6.45) is 5.54. The Labute approximate surface area is 219 Å². The number of allylic oxidation sites excluding steroid dienone is 3. The van der Waals surface area contributed by atoms with Gasteiger partial charge in [-0.05, 0) is 31.3 Å². The molecule has 0 saturated carbocycles. The number of imidazole rings is 1. The van der Waals surface area contributed by atoms with E-state index in [1.54, 1.807) is 6.21 Å². The first kappa shape index (κ1) is 25.3. The summed E-state index contributed by atoms with van der Waals surface area (Å²) in [6.45, 7) is 18.2. The molecule has 198 valence electrons. The van der Waals surface area contributed by atoms with Crippen molar-refractivity contribution in [2.75, 3.05) is 49.2 Å². The quantitative estimate of drug-likeness (QED) is 0.617. The molecule has 1 atom stereocenters. The Kier molecular flexibility index (Phi) is 7.19. The SMILES string of the molecule is C=C1CN(c2nc3c(N4CCOCC4)nc(C4=CCC(CC)=C(N)N=C4)nc3n2CC(C)C)[C@H](C)CN1. The molecule has 0 spiro atoms. The van der Waals surface area contributed by atoms with Gasteiger partial charge in [0.1, 0.15) is 5.82 Å². The summed E-state index contributed by atoms with van der Waals surface area (Å²) in [7, 11) is 0. The first-order valence-corrected chi connectivity index (χ1v) is 13.4. The van der Waals surface area contributed by atoms with Crippen LogP contribution in [0, 0.1) is 5.92 Å². The van der Waals surface area contributed by atoms with Crippen molar-refractivity contribution in [3.8, 4) is 0 Å². The Hall–Kier alpha value is -3.40. The van der Waals surface area contributed by atoms with Gasteiger partial charge in [0.25, 0.3) is 0 Å². The second kappa shape index (κ2) is 10.5. The van der Waals surface area contributed by atoms with Crippen LogP contribution in [0.4, 0.5) is 11.8 Å². The molecular formula is C27H39N9O. The summed E-state index contributed by atoms with van der Waals surface area (Å²) < 4.78 is 7.91. The lowest BCUT2D eigenvalue weighted by Crippen LogP contribution is -2.49. The van der Waals surface area contributed by atoms with Crippen LogP contribution in [0.3, 0.4) is 0 Å². The van der Waals surface area contributed by atoms with Gasteiger partial charge in [0.05, 0.1) is 19.8 Å². The minimum atomic E-state index is 0.269. The number of anilines is 2. The number of hydrogen-bond donors (Lipinski definition) is 2. The lowest BCUT2D eigenvalue weighted by molar-refractivity contribution is 0.122. The van der Waals surface area contributed by atoms with Gasteiger partial charge >= 0.3 is 0 Å². The number of nitrogens with two attached hydrogens (primary N) is 1. The van der Waals surface area contributed by atoms with Crippen molar-refractivity contribution in [2.45, 2.75) is 53.1 Å². The fourth-order valence-corrected chi connectivity index (χ4v) is 5.03. The number of morpholine rings is 1. The maximum Gasteiger partial charge on any atom is 0.208 e. The number of hydrogen-bond acceptors (Lipinski definition) is 9. The van der Waals surface area contributed by atoms with Gasteiger partial charge in [-0.1, -0.05) is 33.4 Å². The maximum atomic E-state index is 6.21. The second-order valence-electron chi connectivity index (χ2n) is 10.5. The van der Waals surface area contributed by atoms with Gasteiger partial charge in [0, 0.05) is 49.7 Å². The lowest BCUT2D eigenvalue weighted by Gasteiger charge is -2.36. The molecule has 5 rings (SSSR count). The van der Waals surface area contributed by atoms with Gasteiger partial charge in [-0.15, -0.1) is 0 Å². The number of aromatic nitrogens is 4. The zero-order valence-corrected chi connectivity index (χ0v) is 22.5. The van der Waals surface area contributed by atoms with Crippen LogP contribution in [0.5, 0.6) is 0 Å². The molecule has 0 unspecified atom stereocenters. The molecule has 0 radical (unpaired) electrons. The van der Waals surface area contributed by atoms with Crippen molar-refractivity contribution in [2.24, 2.45) is 16.6 Å². The van der Waals surface area contributed by atoms with Crippen molar-refractivity contribution in [3.63, 3.8) is 0 Å². The van der Waals surface area contributed by atoms with E-state index in [2.05, 4.69) is 65.0 Å². The van der Waals surface area contributed by atoms with E-state index in [0.29, 0.717) is 37.3 Å². The molecule has 2 aromatic heterocycles. The number of nitrogens with zero attached hydrogens (tertiary/aromatic N) is 7. The summed E-state index contributed by atoms with van der Waals surface area (Å²) in [5.74, 6) is 3.42. The zero-order chi connectivity index (χ0) is 26.1. The summed E-state index contributed by atoms with van der Waals surface area (Å²) in [5.41, 5.74) is 10.9. The lowest BCUT2D eigenvalue weighted by atomic mass is 10.1. The van der Waals surface area contributed by atoms with E-state index < -0.39 is 0 Å². The van der Waals surface area contributed by atoms with Crippen molar-refractivity contribution in [1.82, 2.24) is 24.8 Å². The highest BCUT2D eigenvalue weighted by molar-refractivity contribution is 6.09. The highest BCUT2D eigenvalue weighted by atomic mass is 16.5. The molecule has 37 heavy (non-hydrogen) atoms. The van der Waals surface area contributed by atoms with Crippen LogP contribution in [0.15, 0.2) is 34.7 Å². The van der Waals surface area contributed by atoms with E-state index >= 15 is 0 Å². The number of ether oxygens (including phenoxy) is 1. The van der Waals surface area contributed by atoms with Gasteiger partial charge in [0.2, 0.25) is 5.95 Å². The molecule has 0 amide bonds. The van der Waals surface area contributed by atoms with E-state index in [4.69, 9.17) is 25.4 Å². The molecule has 3 N–H and O–H groups in total. The van der Waals surface area contributed by atoms with E-state index in [9.17, 15) is 0 Å². The number of fused-ring (bicyclic) bond motifs is 1. The van der Waals surface area contributed by atoms with E-state index in [1.165, 1.54) is 0 Å². The number of piperazine rings is 1. The molecule has 10 heteroatoms. The van der Waals surface area contributed by atoms with Crippen molar-refractivity contribution < 1.29 is 4.74 Å². The minimum absolute atomic E-state index is 0.269. The second-order valence-corrected chi connectivity index (χ2v) is 10.5. The average Bonchev–Trinajstić information content (AvgIpc) is 3.12. The van der Waals surface area contributed by atoms with Gasteiger partial charge in [-0.3, -0.25) is 4.57 Å². The largest absolute Gasteiger partial charge is 0.385 e. The summed E-state index contributed by atoms with van der Waals surface area (Å²) in [5, 5.41) is 3.40. The van der Waals surface area contributed by atoms with Gasteiger partial charge in [-0.2, -0.15) is 0 Å². The third kappa shape index (κ3) is 5.07. The summed E-state index contributed by atoms with van der Waals surface area (Å²) in [6, 6.07) is 0.269. The topological polar surface area (TPSA) is 110 Å². The molecule has 3 aliphatic heterocycles. The number of aliphatic imine (C=N–C) groups is 1. The van der Waals surface area contributed by atoms with Crippen LogP contribution in [0.2, 0.25) is 0 Å². The zero-order valence-electron chi connectivity index (χ0n) is 22.5. The standard InChI is InChI=1S/C27H39N9O/c1-6-20-7-8-21(14-30-23(20)28)24-32-25(34-9-11-37-12-10-34)22-26(33-24)36(15-17(2)3)27(31-22)35-16-18(4)29-13-19(35)5/h8,14,17,19,29H,4,6-7,9-13,15-16,28H2,1-3,5H3/t19-/m1/s1.